The van der Waals surface area contributed by atoms with Crippen LogP contribution in [0.2, 0.25) is 0 Å². The molecule has 0 radical (unpaired) electrons. The Balaban J connectivity index is 1.48. The Morgan fingerprint density at radius 2 is 1.56 bits per heavy atom. The standard InChI is InChI=1S/C24H31NO2/c1-23(2,3)27-22-13-9-19(10-14-22)24(26)15-20-11-12-21(16-24)25(20)17-18-7-5-4-6-8-18/h4-10,13-14,20-21,26H,11-12,15-17H2,1-3H3. The summed E-state index contributed by atoms with van der Waals surface area (Å²) in [5.74, 6) is 0.860. The van der Waals surface area contributed by atoms with Crippen molar-refractivity contribution in [1.82, 2.24) is 4.90 Å². The van der Waals surface area contributed by atoms with Crippen molar-refractivity contribution >= 4 is 0 Å². The molecule has 2 aliphatic heterocycles. The molecule has 0 spiro atoms. The minimum atomic E-state index is -0.723. The summed E-state index contributed by atoms with van der Waals surface area (Å²) in [7, 11) is 0. The van der Waals surface area contributed by atoms with Gasteiger partial charge in [-0.25, -0.2) is 0 Å². The lowest BCUT2D eigenvalue weighted by Crippen LogP contribution is -2.49. The van der Waals surface area contributed by atoms with E-state index in [2.05, 4.69) is 56.0 Å². The molecule has 144 valence electrons. The van der Waals surface area contributed by atoms with Crippen molar-refractivity contribution in [1.29, 1.82) is 0 Å². The van der Waals surface area contributed by atoms with Gasteiger partial charge in [-0.05, 0) is 69.7 Å². The maximum atomic E-state index is 11.5. The molecular formula is C24H31NO2. The van der Waals surface area contributed by atoms with Crippen LogP contribution in [0.4, 0.5) is 0 Å². The third kappa shape index (κ3) is 4.04. The Kier molecular flexibility index (Phi) is 4.77. The Labute approximate surface area is 163 Å². The van der Waals surface area contributed by atoms with Crippen molar-refractivity contribution in [2.45, 2.75) is 76.3 Å². The van der Waals surface area contributed by atoms with Crippen LogP contribution in [0.3, 0.4) is 0 Å². The van der Waals surface area contributed by atoms with Crippen LogP contribution in [-0.2, 0) is 12.1 Å². The first-order valence-electron chi connectivity index (χ1n) is 10.1. The van der Waals surface area contributed by atoms with E-state index in [4.69, 9.17) is 4.74 Å². The van der Waals surface area contributed by atoms with E-state index in [0.29, 0.717) is 12.1 Å². The molecule has 2 bridgehead atoms. The quantitative estimate of drug-likeness (QED) is 0.838. The summed E-state index contributed by atoms with van der Waals surface area (Å²) in [6.07, 6.45) is 4.00. The van der Waals surface area contributed by atoms with Crippen LogP contribution in [0.1, 0.15) is 57.6 Å². The summed E-state index contributed by atoms with van der Waals surface area (Å²) in [6.45, 7) is 7.14. The average Bonchev–Trinajstić information content (AvgIpc) is 2.86. The van der Waals surface area contributed by atoms with E-state index in [1.807, 2.05) is 24.3 Å². The molecule has 2 heterocycles. The minimum Gasteiger partial charge on any atom is -0.488 e. The van der Waals surface area contributed by atoms with E-state index in [-0.39, 0.29) is 5.60 Å². The van der Waals surface area contributed by atoms with Gasteiger partial charge in [0.15, 0.2) is 0 Å². The topological polar surface area (TPSA) is 32.7 Å². The van der Waals surface area contributed by atoms with Gasteiger partial charge in [0.25, 0.3) is 0 Å². The largest absolute Gasteiger partial charge is 0.488 e. The zero-order valence-electron chi connectivity index (χ0n) is 16.7. The molecule has 0 saturated carbocycles. The van der Waals surface area contributed by atoms with Crippen LogP contribution in [0.25, 0.3) is 0 Å². The predicted molar refractivity (Wildman–Crippen MR) is 109 cm³/mol. The maximum Gasteiger partial charge on any atom is 0.120 e. The second kappa shape index (κ2) is 6.96. The molecule has 3 heteroatoms. The first-order valence-corrected chi connectivity index (χ1v) is 10.1. The first-order chi connectivity index (χ1) is 12.8. The number of fused-ring (bicyclic) bond motifs is 2. The fourth-order valence-electron chi connectivity index (χ4n) is 4.79. The number of aliphatic hydroxyl groups is 1. The zero-order chi connectivity index (χ0) is 19.1. The van der Waals surface area contributed by atoms with Gasteiger partial charge in [-0.1, -0.05) is 42.5 Å². The van der Waals surface area contributed by atoms with Gasteiger partial charge in [0.05, 0.1) is 5.60 Å². The fraction of sp³-hybridized carbons (Fsp3) is 0.500. The second-order valence-corrected chi connectivity index (χ2v) is 9.22. The number of rotatable bonds is 4. The van der Waals surface area contributed by atoms with Crippen molar-refractivity contribution in [3.63, 3.8) is 0 Å². The highest BCUT2D eigenvalue weighted by atomic mass is 16.5. The van der Waals surface area contributed by atoms with Crippen LogP contribution >= 0.6 is 0 Å². The third-order valence-electron chi connectivity index (χ3n) is 5.94. The fourth-order valence-corrected chi connectivity index (χ4v) is 4.79. The highest BCUT2D eigenvalue weighted by Crippen LogP contribution is 2.46. The normalized spacial score (nSPS) is 28.3. The molecule has 4 rings (SSSR count). The van der Waals surface area contributed by atoms with E-state index < -0.39 is 5.60 Å². The van der Waals surface area contributed by atoms with Gasteiger partial charge >= 0.3 is 0 Å². The summed E-state index contributed by atoms with van der Waals surface area (Å²) in [6, 6.07) is 19.7. The van der Waals surface area contributed by atoms with Crippen molar-refractivity contribution < 1.29 is 9.84 Å². The monoisotopic (exact) mass is 365 g/mol. The van der Waals surface area contributed by atoms with Gasteiger partial charge in [0.2, 0.25) is 0 Å². The highest BCUT2D eigenvalue weighted by Gasteiger charge is 2.48. The summed E-state index contributed by atoms with van der Waals surface area (Å²) >= 11 is 0. The molecule has 2 aromatic rings. The Morgan fingerprint density at radius 3 is 2.11 bits per heavy atom. The van der Waals surface area contributed by atoms with Crippen molar-refractivity contribution in [3.8, 4) is 5.75 Å². The van der Waals surface area contributed by atoms with E-state index in [0.717, 1.165) is 30.7 Å². The van der Waals surface area contributed by atoms with Crippen LogP contribution in [0.5, 0.6) is 5.75 Å². The molecule has 27 heavy (non-hydrogen) atoms. The van der Waals surface area contributed by atoms with Crippen LogP contribution in [0, 0.1) is 0 Å². The smallest absolute Gasteiger partial charge is 0.120 e. The average molecular weight is 366 g/mol. The number of benzene rings is 2. The molecule has 3 nitrogen and oxygen atoms in total. The summed E-state index contributed by atoms with van der Waals surface area (Å²) < 4.78 is 5.93. The Hall–Kier alpha value is -1.84. The molecule has 2 aliphatic rings. The molecule has 2 unspecified atom stereocenters. The number of piperidine rings is 1. The van der Waals surface area contributed by atoms with Gasteiger partial charge in [-0.15, -0.1) is 0 Å². The lowest BCUT2D eigenvalue weighted by molar-refractivity contribution is -0.0595. The van der Waals surface area contributed by atoms with Gasteiger partial charge < -0.3 is 9.84 Å². The molecule has 0 amide bonds. The van der Waals surface area contributed by atoms with Crippen molar-refractivity contribution in [3.05, 3.63) is 65.7 Å². The highest BCUT2D eigenvalue weighted by molar-refractivity contribution is 5.32. The van der Waals surface area contributed by atoms with Crippen LogP contribution in [0.15, 0.2) is 54.6 Å². The minimum absolute atomic E-state index is 0.208. The molecule has 0 aliphatic carbocycles. The number of hydrogen-bond donors (Lipinski definition) is 1. The van der Waals surface area contributed by atoms with E-state index in [1.165, 1.54) is 18.4 Å². The molecule has 2 saturated heterocycles. The second-order valence-electron chi connectivity index (χ2n) is 9.22. The van der Waals surface area contributed by atoms with E-state index in [9.17, 15) is 5.11 Å². The SMILES string of the molecule is CC(C)(C)Oc1ccc(C2(O)CC3CCC(C2)N3Cc2ccccc2)cc1. The van der Waals surface area contributed by atoms with Crippen molar-refractivity contribution in [2.24, 2.45) is 0 Å². The van der Waals surface area contributed by atoms with E-state index >= 15 is 0 Å². The molecule has 1 N–H and O–H groups in total. The Bertz CT molecular complexity index is 749. The van der Waals surface area contributed by atoms with Gasteiger partial charge in [-0.2, -0.15) is 0 Å². The van der Waals surface area contributed by atoms with Gasteiger partial charge in [0, 0.05) is 18.6 Å². The lowest BCUT2D eigenvalue weighted by Gasteiger charge is -2.44. The molecular weight excluding hydrogens is 334 g/mol. The molecule has 0 aromatic heterocycles. The lowest BCUT2D eigenvalue weighted by atomic mass is 9.80. The third-order valence-corrected chi connectivity index (χ3v) is 5.94. The number of nitrogens with zero attached hydrogens (tertiary/aromatic N) is 1. The predicted octanol–water partition coefficient (Wildman–Crippen LogP) is 4.88. The van der Waals surface area contributed by atoms with Crippen LogP contribution < -0.4 is 4.74 Å². The molecule has 2 aromatic carbocycles. The van der Waals surface area contributed by atoms with E-state index in [1.54, 1.807) is 0 Å². The summed E-state index contributed by atoms with van der Waals surface area (Å²) in [5, 5.41) is 11.5. The van der Waals surface area contributed by atoms with Crippen molar-refractivity contribution in [2.75, 3.05) is 0 Å². The zero-order valence-corrected chi connectivity index (χ0v) is 16.7. The summed E-state index contributed by atoms with van der Waals surface area (Å²) in [4.78, 5) is 2.61. The van der Waals surface area contributed by atoms with Gasteiger partial charge in [0.1, 0.15) is 11.4 Å². The summed E-state index contributed by atoms with van der Waals surface area (Å²) in [5.41, 5.74) is 1.46. The first kappa shape index (κ1) is 18.5. The van der Waals surface area contributed by atoms with Crippen LogP contribution in [-0.4, -0.2) is 27.7 Å². The number of ether oxygens (including phenoxy) is 1. The molecule has 2 atom stereocenters. The van der Waals surface area contributed by atoms with Gasteiger partial charge in [-0.3, -0.25) is 4.90 Å². The number of hydrogen-bond acceptors (Lipinski definition) is 3. The molecule has 2 fully saturated rings. The maximum absolute atomic E-state index is 11.5. The Morgan fingerprint density at radius 1 is 0.963 bits per heavy atom.